The van der Waals surface area contributed by atoms with Crippen molar-refractivity contribution in [3.8, 4) is 34.8 Å². The third kappa shape index (κ3) is 6.19. The van der Waals surface area contributed by atoms with Crippen molar-refractivity contribution in [3.05, 3.63) is 58.7 Å². The number of rotatable bonds is 3. The summed E-state index contributed by atoms with van der Waals surface area (Å²) in [5.41, 5.74) is 4.56. The van der Waals surface area contributed by atoms with Crippen LogP contribution in [0.4, 0.5) is 0 Å². The molecule has 0 radical (unpaired) electrons. The second-order valence-corrected chi connectivity index (χ2v) is 12.5. The zero-order valence-corrected chi connectivity index (χ0v) is 25.4. The van der Waals surface area contributed by atoms with Gasteiger partial charge in [-0.15, -0.1) is 0 Å². The molecule has 12 heteroatoms. The maximum absolute atomic E-state index is 12.4. The molecular formula is C35H38O12. The fraction of sp³-hybridized carbons (Fsp3) is 0.514. The topological polar surface area (TPSA) is 207 Å². The first kappa shape index (κ1) is 33.5. The molecule has 2 aromatic carbocycles. The first-order valence-corrected chi connectivity index (χ1v) is 15.6. The Morgan fingerprint density at radius 2 is 1.28 bits per heavy atom. The Bertz CT molecular complexity index is 1620. The van der Waals surface area contributed by atoms with Gasteiger partial charge in [-0.3, -0.25) is 4.79 Å². The van der Waals surface area contributed by atoms with Crippen LogP contribution in [0, 0.1) is 23.7 Å². The molecule has 6 rings (SSSR count). The summed E-state index contributed by atoms with van der Waals surface area (Å²) in [4.78, 5) is 12.4. The van der Waals surface area contributed by atoms with E-state index in [0.29, 0.717) is 24.0 Å². The lowest BCUT2D eigenvalue weighted by molar-refractivity contribution is -0.227. The van der Waals surface area contributed by atoms with Crippen LogP contribution in [0.3, 0.4) is 0 Å². The van der Waals surface area contributed by atoms with E-state index in [4.69, 9.17) is 14.2 Å². The maximum Gasteiger partial charge on any atom is 0.305 e. The van der Waals surface area contributed by atoms with Gasteiger partial charge in [0.05, 0.1) is 25.9 Å². The molecule has 4 aliphatic rings. The van der Waals surface area contributed by atoms with Crippen molar-refractivity contribution >= 4 is 5.97 Å². The molecule has 1 spiro atoms. The lowest BCUT2D eigenvalue weighted by Crippen LogP contribution is -2.58. The van der Waals surface area contributed by atoms with E-state index >= 15 is 0 Å². The molecule has 3 fully saturated rings. The highest BCUT2D eigenvalue weighted by Gasteiger charge is 2.46. The number of ether oxygens (including phenoxy) is 3. The Kier molecular flexibility index (Phi) is 9.72. The second-order valence-electron chi connectivity index (χ2n) is 12.5. The third-order valence-corrected chi connectivity index (χ3v) is 9.69. The molecule has 0 aromatic heterocycles. The van der Waals surface area contributed by atoms with Gasteiger partial charge >= 0.3 is 5.97 Å². The first-order chi connectivity index (χ1) is 22.6. The minimum absolute atomic E-state index is 0.0444. The van der Waals surface area contributed by atoms with Crippen LogP contribution in [0.1, 0.15) is 47.9 Å². The van der Waals surface area contributed by atoms with Gasteiger partial charge < -0.3 is 55.1 Å². The minimum atomic E-state index is -1.53. The molecule has 3 saturated heterocycles. The van der Waals surface area contributed by atoms with Crippen LogP contribution in [0.15, 0.2) is 36.4 Å². The van der Waals surface area contributed by atoms with E-state index in [1.54, 1.807) is 0 Å². The molecule has 0 bridgehead atoms. The highest BCUT2D eigenvalue weighted by molar-refractivity contribution is 5.83. The highest BCUT2D eigenvalue weighted by atomic mass is 16.6. The van der Waals surface area contributed by atoms with Crippen molar-refractivity contribution < 1.29 is 59.9 Å². The lowest BCUT2D eigenvalue weighted by Gasteiger charge is -2.39. The minimum Gasteiger partial charge on any atom is -0.466 e. The normalized spacial score (nSPS) is 36.2. The largest absolute Gasteiger partial charge is 0.466 e. The maximum atomic E-state index is 12.4. The number of hydrogen-bond acceptors (Lipinski definition) is 12. The van der Waals surface area contributed by atoms with Gasteiger partial charge in [0.15, 0.2) is 0 Å². The van der Waals surface area contributed by atoms with Crippen molar-refractivity contribution in [1.29, 1.82) is 0 Å². The summed E-state index contributed by atoms with van der Waals surface area (Å²) >= 11 is 0. The van der Waals surface area contributed by atoms with Crippen molar-refractivity contribution in [2.45, 2.75) is 92.1 Å². The number of cyclic esters (lactones) is 1. The number of carbonyl (C=O) groups is 1. The molecule has 3 aliphatic heterocycles. The number of carbonyl (C=O) groups excluding carboxylic acids is 1. The molecule has 1 unspecified atom stereocenters. The summed E-state index contributed by atoms with van der Waals surface area (Å²) in [7, 11) is 0. The number of fused-ring (bicyclic) bond motifs is 5. The Morgan fingerprint density at radius 1 is 0.702 bits per heavy atom. The van der Waals surface area contributed by atoms with Crippen molar-refractivity contribution in [2.75, 3.05) is 19.8 Å². The van der Waals surface area contributed by atoms with Gasteiger partial charge in [0, 0.05) is 29.4 Å². The van der Waals surface area contributed by atoms with E-state index in [0.717, 1.165) is 22.3 Å². The van der Waals surface area contributed by atoms with Crippen LogP contribution >= 0.6 is 0 Å². The smallest absolute Gasteiger partial charge is 0.305 e. The third-order valence-electron chi connectivity index (χ3n) is 9.69. The molecule has 11 atom stereocenters. The predicted octanol–water partition coefficient (Wildman–Crippen LogP) is -1.54. The van der Waals surface area contributed by atoms with Gasteiger partial charge in [-0.1, -0.05) is 35.8 Å². The second kappa shape index (κ2) is 13.6. The van der Waals surface area contributed by atoms with Gasteiger partial charge in [0.25, 0.3) is 0 Å². The van der Waals surface area contributed by atoms with Crippen LogP contribution in [0.2, 0.25) is 0 Å². The average Bonchev–Trinajstić information content (AvgIpc) is 3.18. The summed E-state index contributed by atoms with van der Waals surface area (Å²) in [6, 6.07) is 11.5. The first-order valence-electron chi connectivity index (χ1n) is 15.6. The van der Waals surface area contributed by atoms with E-state index in [1.165, 1.54) is 0 Å². The van der Waals surface area contributed by atoms with Crippen LogP contribution in [0.5, 0.6) is 0 Å². The molecule has 1 aliphatic carbocycles. The van der Waals surface area contributed by atoms with Gasteiger partial charge in [0.2, 0.25) is 0 Å². The SMILES string of the molecule is O=C1CCC2(CCO1)c1cc(C#CC[C@H]3O[C@H](CO)[C@@H](O)[C@H](O)[C@@H]3O)ccc1-c1ccc(C#C[C@H]3O[C@H](CO)[C@@H](O)[C@H](O)[C@@H]3O)cc12. The number of aliphatic hydroxyl groups excluding tert-OH is 8. The van der Waals surface area contributed by atoms with Crippen molar-refractivity contribution in [2.24, 2.45) is 0 Å². The van der Waals surface area contributed by atoms with Crippen LogP contribution in [-0.4, -0.2) is 128 Å². The number of esters is 1. The molecule has 47 heavy (non-hydrogen) atoms. The summed E-state index contributed by atoms with van der Waals surface area (Å²) < 4.78 is 16.5. The van der Waals surface area contributed by atoms with Crippen molar-refractivity contribution in [1.82, 2.24) is 0 Å². The summed E-state index contributed by atoms with van der Waals surface area (Å²) in [6.07, 6.45) is -11.7. The molecule has 8 N–H and O–H groups in total. The molecule has 250 valence electrons. The molecule has 0 saturated carbocycles. The van der Waals surface area contributed by atoms with Gasteiger partial charge in [-0.2, -0.15) is 0 Å². The fourth-order valence-electron chi connectivity index (χ4n) is 7.02. The quantitative estimate of drug-likeness (QED) is 0.141. The van der Waals surface area contributed by atoms with Crippen LogP contribution < -0.4 is 0 Å². The molecule has 2 aromatic rings. The zero-order valence-electron chi connectivity index (χ0n) is 25.4. The molecule has 12 nitrogen and oxygen atoms in total. The molecule has 3 heterocycles. The van der Waals surface area contributed by atoms with E-state index in [9.17, 15) is 45.6 Å². The van der Waals surface area contributed by atoms with E-state index in [-0.39, 0.29) is 25.4 Å². The number of hydrogen-bond donors (Lipinski definition) is 8. The van der Waals surface area contributed by atoms with Gasteiger partial charge in [0.1, 0.15) is 54.9 Å². The number of aliphatic hydroxyl groups is 8. The van der Waals surface area contributed by atoms with E-state index < -0.39 is 79.7 Å². The standard InChI is InChI=1S/C35H38O12/c36-16-26-31(41)33(43)29(39)24(46-26)3-1-2-18-4-7-20-21-8-5-19(6-9-25-30(40)34(44)32(42)27(17-37)47-25)15-23(21)35(22(20)14-18)11-10-28(38)45-13-12-35/h4-5,7-8,14-15,24-27,29-34,36-37,39-44H,3,10-13,16-17H2/t24-,25-,26-,27-,29-,30-,31-,32-,33-,34-,35?/m1/s1. The highest BCUT2D eigenvalue weighted by Crippen LogP contribution is 2.54. The van der Waals surface area contributed by atoms with E-state index in [1.807, 2.05) is 36.4 Å². The van der Waals surface area contributed by atoms with E-state index in [2.05, 4.69) is 23.7 Å². The van der Waals surface area contributed by atoms with Gasteiger partial charge in [-0.25, -0.2) is 0 Å². The Labute approximate surface area is 271 Å². The Balaban J connectivity index is 1.30. The average molecular weight is 651 g/mol. The van der Waals surface area contributed by atoms with Gasteiger partial charge in [-0.05, 0) is 59.4 Å². The molecule has 0 amide bonds. The fourth-order valence-corrected chi connectivity index (χ4v) is 7.02. The molecular weight excluding hydrogens is 612 g/mol. The van der Waals surface area contributed by atoms with Crippen LogP contribution in [0.25, 0.3) is 11.1 Å². The summed E-state index contributed by atoms with van der Waals surface area (Å²) in [6.45, 7) is -0.856. The van der Waals surface area contributed by atoms with Crippen molar-refractivity contribution in [3.63, 3.8) is 0 Å². The zero-order chi connectivity index (χ0) is 33.5. The Morgan fingerprint density at radius 3 is 1.91 bits per heavy atom. The number of benzene rings is 2. The predicted molar refractivity (Wildman–Crippen MR) is 163 cm³/mol. The summed E-state index contributed by atoms with van der Waals surface area (Å²) in [5.74, 6) is 11.6. The Hall–Kier alpha value is -3.37. The van der Waals surface area contributed by atoms with Crippen LogP contribution in [-0.2, 0) is 24.4 Å². The lowest BCUT2D eigenvalue weighted by atomic mass is 9.72. The monoisotopic (exact) mass is 650 g/mol. The summed E-state index contributed by atoms with van der Waals surface area (Å²) in [5, 5.41) is 80.1.